The van der Waals surface area contributed by atoms with E-state index in [0.29, 0.717) is 35.1 Å². The number of amides is 1. The highest BCUT2D eigenvalue weighted by atomic mass is 35.5. The van der Waals surface area contributed by atoms with E-state index in [0.717, 1.165) is 29.8 Å². The van der Waals surface area contributed by atoms with Gasteiger partial charge in [-0.1, -0.05) is 53.5 Å². The molecule has 1 fully saturated rings. The van der Waals surface area contributed by atoms with Gasteiger partial charge in [0.25, 0.3) is 5.91 Å². The number of aliphatic carboxylic acids is 1. The van der Waals surface area contributed by atoms with Crippen molar-refractivity contribution in [2.75, 3.05) is 38.8 Å². The molecule has 2 N–H and O–H groups in total. The summed E-state index contributed by atoms with van der Waals surface area (Å²) >= 11 is 12.2. The second-order valence-corrected chi connectivity index (χ2v) is 11.9. The van der Waals surface area contributed by atoms with E-state index in [-0.39, 0.29) is 22.0 Å². The summed E-state index contributed by atoms with van der Waals surface area (Å²) < 4.78 is 23.2. The van der Waals surface area contributed by atoms with Gasteiger partial charge in [0.1, 0.15) is 17.5 Å². The number of hydrogen-bond donors (Lipinski definition) is 2. The summed E-state index contributed by atoms with van der Waals surface area (Å²) in [5.74, 6) is 0.814. The zero-order valence-electron chi connectivity index (χ0n) is 22.1. The number of carboxylic acids is 1. The standard InChI is InChI=1S/C29H30Cl2N2O6S/c1-38-24-15-19(17-33-10-12-40(37)13-11-33)16-25(39-2)26(24)20-8-6-18(7-9-20)14-23(29(35)36)32-28(34)27-21(30)4-3-5-22(27)31/h3-9,15-16,23H,10-14,17H2,1-2H3,(H,32,34)(H,35,36)/t23-/m0/s1. The summed E-state index contributed by atoms with van der Waals surface area (Å²) in [6.45, 7) is 2.26. The highest BCUT2D eigenvalue weighted by Crippen LogP contribution is 2.40. The van der Waals surface area contributed by atoms with Crippen LogP contribution in [-0.2, 0) is 28.6 Å². The minimum atomic E-state index is -1.19. The van der Waals surface area contributed by atoms with E-state index in [1.54, 1.807) is 32.4 Å². The third-order valence-corrected chi connectivity index (χ3v) is 8.62. The van der Waals surface area contributed by atoms with Crippen molar-refractivity contribution in [3.8, 4) is 22.6 Å². The van der Waals surface area contributed by atoms with E-state index < -0.39 is 28.7 Å². The van der Waals surface area contributed by atoms with Gasteiger partial charge >= 0.3 is 5.97 Å². The zero-order valence-corrected chi connectivity index (χ0v) is 24.4. The number of hydrogen-bond acceptors (Lipinski definition) is 6. The van der Waals surface area contributed by atoms with Crippen molar-refractivity contribution in [2.45, 2.75) is 19.0 Å². The minimum absolute atomic E-state index is 0.0327. The lowest BCUT2D eigenvalue weighted by atomic mass is 9.97. The van der Waals surface area contributed by atoms with E-state index in [2.05, 4.69) is 10.2 Å². The molecule has 0 aromatic heterocycles. The Kier molecular flexibility index (Phi) is 10.1. The van der Waals surface area contributed by atoms with Crippen molar-refractivity contribution in [1.29, 1.82) is 0 Å². The van der Waals surface area contributed by atoms with Crippen LogP contribution in [0.4, 0.5) is 0 Å². The maximum absolute atomic E-state index is 12.8. The van der Waals surface area contributed by atoms with Crippen LogP contribution in [0.1, 0.15) is 21.5 Å². The first-order valence-corrected chi connectivity index (χ1v) is 14.8. The van der Waals surface area contributed by atoms with Crippen molar-refractivity contribution in [3.63, 3.8) is 0 Å². The second kappa shape index (κ2) is 13.5. The van der Waals surface area contributed by atoms with Gasteiger partial charge in [0.15, 0.2) is 0 Å². The Bertz CT molecular complexity index is 1360. The Morgan fingerprint density at radius 2 is 1.55 bits per heavy atom. The van der Waals surface area contributed by atoms with Gasteiger partial charge in [-0.25, -0.2) is 4.79 Å². The predicted molar refractivity (Wildman–Crippen MR) is 157 cm³/mol. The van der Waals surface area contributed by atoms with E-state index in [1.807, 2.05) is 24.3 Å². The molecule has 4 rings (SSSR count). The first-order valence-electron chi connectivity index (χ1n) is 12.6. The first-order chi connectivity index (χ1) is 19.2. The molecule has 3 aromatic rings. The molecule has 1 saturated heterocycles. The maximum atomic E-state index is 12.8. The largest absolute Gasteiger partial charge is 0.496 e. The van der Waals surface area contributed by atoms with Crippen LogP contribution in [0.5, 0.6) is 11.5 Å². The predicted octanol–water partition coefficient (Wildman–Crippen LogP) is 4.67. The van der Waals surface area contributed by atoms with Crippen molar-refractivity contribution in [1.82, 2.24) is 10.2 Å². The third kappa shape index (κ3) is 7.14. The van der Waals surface area contributed by atoms with Crippen molar-refractivity contribution in [2.24, 2.45) is 0 Å². The molecule has 11 heteroatoms. The highest BCUT2D eigenvalue weighted by Gasteiger charge is 2.24. The van der Waals surface area contributed by atoms with Crippen LogP contribution in [-0.4, -0.2) is 70.9 Å². The molecule has 0 spiro atoms. The molecule has 0 unspecified atom stereocenters. The molecule has 0 bridgehead atoms. The SMILES string of the molecule is COc1cc(CN2CCS(=O)CC2)cc(OC)c1-c1ccc(C[C@H](NC(=O)c2c(Cl)cccc2Cl)C(=O)O)cc1. The summed E-state index contributed by atoms with van der Waals surface area (Å²) in [6, 6.07) is 14.7. The number of ether oxygens (including phenoxy) is 2. The average molecular weight is 606 g/mol. The number of carbonyl (C=O) groups is 2. The van der Waals surface area contributed by atoms with Gasteiger partial charge in [-0.15, -0.1) is 0 Å². The summed E-state index contributed by atoms with van der Waals surface area (Å²) in [4.78, 5) is 27.0. The summed E-state index contributed by atoms with van der Waals surface area (Å²) in [6.07, 6.45) is 0.0528. The number of rotatable bonds is 10. The zero-order chi connectivity index (χ0) is 28.8. The molecule has 0 aliphatic carbocycles. The Morgan fingerprint density at radius 1 is 0.975 bits per heavy atom. The van der Waals surface area contributed by atoms with Crippen molar-refractivity contribution < 1.29 is 28.4 Å². The molecule has 1 heterocycles. The summed E-state index contributed by atoms with van der Waals surface area (Å²) in [5.41, 5.74) is 3.37. The Hall–Kier alpha value is -3.11. The van der Waals surface area contributed by atoms with Crippen molar-refractivity contribution in [3.05, 3.63) is 81.3 Å². The number of benzene rings is 3. The molecule has 1 atom stereocenters. The van der Waals surface area contributed by atoms with Crippen molar-refractivity contribution >= 4 is 45.9 Å². The number of nitrogens with zero attached hydrogens (tertiary/aromatic N) is 1. The van der Waals surface area contributed by atoms with Gasteiger partial charge in [-0.2, -0.15) is 0 Å². The number of carbonyl (C=O) groups excluding carboxylic acids is 1. The fraction of sp³-hybridized carbons (Fsp3) is 0.310. The third-order valence-electron chi connectivity index (χ3n) is 6.72. The molecule has 3 aromatic carbocycles. The van der Waals surface area contributed by atoms with Crippen LogP contribution >= 0.6 is 23.2 Å². The van der Waals surface area contributed by atoms with Gasteiger partial charge in [0.2, 0.25) is 0 Å². The topological polar surface area (TPSA) is 105 Å². The van der Waals surface area contributed by atoms with Crippen LogP contribution in [0.15, 0.2) is 54.6 Å². The maximum Gasteiger partial charge on any atom is 0.326 e. The molecule has 1 amide bonds. The van der Waals surface area contributed by atoms with Crippen LogP contribution in [0, 0.1) is 0 Å². The van der Waals surface area contributed by atoms with Crippen LogP contribution in [0.3, 0.4) is 0 Å². The molecule has 212 valence electrons. The summed E-state index contributed by atoms with van der Waals surface area (Å²) in [5, 5.41) is 12.6. The smallest absolute Gasteiger partial charge is 0.326 e. The molecular formula is C29H30Cl2N2O6S. The minimum Gasteiger partial charge on any atom is -0.496 e. The van der Waals surface area contributed by atoms with Gasteiger partial charge < -0.3 is 19.9 Å². The fourth-order valence-electron chi connectivity index (χ4n) is 4.62. The molecule has 40 heavy (non-hydrogen) atoms. The van der Waals surface area contributed by atoms with Crippen LogP contribution in [0.25, 0.3) is 11.1 Å². The van der Waals surface area contributed by atoms with Gasteiger partial charge in [0.05, 0.1) is 35.4 Å². The number of methoxy groups -OCH3 is 2. The summed E-state index contributed by atoms with van der Waals surface area (Å²) in [7, 11) is 2.47. The van der Waals surface area contributed by atoms with Gasteiger partial charge in [-0.05, 0) is 41.0 Å². The van der Waals surface area contributed by atoms with E-state index in [4.69, 9.17) is 32.7 Å². The lowest BCUT2D eigenvalue weighted by Gasteiger charge is -2.26. The normalized spacial score (nSPS) is 14.9. The van der Waals surface area contributed by atoms with Gasteiger partial charge in [0, 0.05) is 48.4 Å². The average Bonchev–Trinajstić information content (AvgIpc) is 2.93. The second-order valence-electron chi connectivity index (χ2n) is 9.36. The lowest BCUT2D eigenvalue weighted by molar-refractivity contribution is -0.139. The molecule has 0 radical (unpaired) electrons. The quantitative estimate of drug-likeness (QED) is 0.346. The fourth-order valence-corrected chi connectivity index (χ4v) is 6.32. The van der Waals surface area contributed by atoms with Crippen LogP contribution in [0.2, 0.25) is 10.0 Å². The molecule has 0 saturated carbocycles. The Balaban J connectivity index is 1.52. The number of nitrogens with one attached hydrogen (secondary N) is 1. The first kappa shape index (κ1) is 29.9. The highest BCUT2D eigenvalue weighted by molar-refractivity contribution is 7.85. The molecule has 1 aliphatic rings. The van der Waals surface area contributed by atoms with Gasteiger partial charge in [-0.3, -0.25) is 13.9 Å². The van der Waals surface area contributed by atoms with E-state index in [1.165, 1.54) is 12.1 Å². The molecule has 1 aliphatic heterocycles. The molecular weight excluding hydrogens is 575 g/mol. The lowest BCUT2D eigenvalue weighted by Crippen LogP contribution is -2.42. The molecule has 8 nitrogen and oxygen atoms in total. The Morgan fingerprint density at radius 3 is 2.08 bits per heavy atom. The Labute approximate surface area is 245 Å². The number of halogens is 2. The van der Waals surface area contributed by atoms with E-state index in [9.17, 15) is 18.9 Å². The monoisotopic (exact) mass is 604 g/mol. The number of carboxylic acid groups (broad SMARTS) is 1. The van der Waals surface area contributed by atoms with E-state index >= 15 is 0 Å². The van der Waals surface area contributed by atoms with Crippen LogP contribution < -0.4 is 14.8 Å².